The predicted octanol–water partition coefficient (Wildman–Crippen LogP) is 3.48. The van der Waals surface area contributed by atoms with Crippen molar-refractivity contribution in [1.82, 2.24) is 9.78 Å². The van der Waals surface area contributed by atoms with E-state index < -0.39 is 5.60 Å². The summed E-state index contributed by atoms with van der Waals surface area (Å²) in [6.45, 7) is 5.90. The molecule has 1 N–H and O–H groups in total. The van der Waals surface area contributed by atoms with E-state index in [0.29, 0.717) is 0 Å². The smallest absolute Gasteiger partial charge is 0.128 e. The highest BCUT2D eigenvalue weighted by atomic mass is 79.9. The molecule has 0 amide bonds. The van der Waals surface area contributed by atoms with E-state index in [-0.39, 0.29) is 6.04 Å². The molecule has 1 aromatic carbocycles. The largest absolute Gasteiger partial charge is 0.379 e. The summed E-state index contributed by atoms with van der Waals surface area (Å²) in [6, 6.07) is 9.78. The molecular weight excluding hydrogens is 292 g/mol. The van der Waals surface area contributed by atoms with Crippen molar-refractivity contribution < 1.29 is 5.11 Å². The van der Waals surface area contributed by atoms with Crippen molar-refractivity contribution in [2.45, 2.75) is 32.4 Å². The molecule has 0 spiro atoms. The van der Waals surface area contributed by atoms with E-state index in [1.54, 1.807) is 13.1 Å². The topological polar surface area (TPSA) is 38.0 Å². The van der Waals surface area contributed by atoms with Gasteiger partial charge in [-0.15, -0.1) is 0 Å². The Labute approximate surface area is 116 Å². The van der Waals surface area contributed by atoms with Crippen molar-refractivity contribution in [3.63, 3.8) is 0 Å². The minimum absolute atomic E-state index is 0.219. The first-order valence-electron chi connectivity index (χ1n) is 5.95. The summed E-state index contributed by atoms with van der Waals surface area (Å²) in [5.74, 6) is 0. The molecule has 96 valence electrons. The van der Waals surface area contributed by atoms with Gasteiger partial charge in [-0.3, -0.25) is 4.68 Å². The average Bonchev–Trinajstić information content (AvgIpc) is 2.79. The molecule has 1 unspecified atom stereocenters. The fourth-order valence-corrected chi connectivity index (χ4v) is 2.30. The van der Waals surface area contributed by atoms with Crippen LogP contribution in [0.15, 0.2) is 41.0 Å². The third-order valence-corrected chi connectivity index (χ3v) is 3.59. The molecular formula is C14H17BrN2O. The van der Waals surface area contributed by atoms with Gasteiger partial charge in [0.2, 0.25) is 0 Å². The SMILES string of the molecule is CC(C)n1nccc1C(C)(O)c1ccc(Br)cc1. The maximum Gasteiger partial charge on any atom is 0.128 e. The normalized spacial score (nSPS) is 14.8. The second-order valence-electron chi connectivity index (χ2n) is 4.83. The number of halogens is 1. The summed E-state index contributed by atoms with van der Waals surface area (Å²) in [6.07, 6.45) is 1.72. The van der Waals surface area contributed by atoms with Crippen LogP contribution in [0.25, 0.3) is 0 Å². The highest BCUT2D eigenvalue weighted by molar-refractivity contribution is 9.10. The first-order valence-corrected chi connectivity index (χ1v) is 6.74. The van der Waals surface area contributed by atoms with E-state index in [2.05, 4.69) is 21.0 Å². The number of aromatic nitrogens is 2. The molecule has 3 nitrogen and oxygen atoms in total. The van der Waals surface area contributed by atoms with Gasteiger partial charge in [0, 0.05) is 16.7 Å². The lowest BCUT2D eigenvalue weighted by atomic mass is 9.92. The maximum atomic E-state index is 10.8. The number of hydrogen-bond acceptors (Lipinski definition) is 2. The Hall–Kier alpha value is -1.13. The summed E-state index contributed by atoms with van der Waals surface area (Å²) in [4.78, 5) is 0. The standard InChI is InChI=1S/C14H17BrN2O/c1-10(2)17-13(8-9-16-17)14(3,18)11-4-6-12(15)7-5-11/h4-10,18H,1-3H3. The lowest BCUT2D eigenvalue weighted by Crippen LogP contribution is -2.27. The van der Waals surface area contributed by atoms with E-state index >= 15 is 0 Å². The molecule has 1 atom stereocenters. The van der Waals surface area contributed by atoms with Crippen molar-refractivity contribution in [2.24, 2.45) is 0 Å². The first kappa shape index (κ1) is 13.3. The zero-order valence-electron chi connectivity index (χ0n) is 10.8. The summed E-state index contributed by atoms with van der Waals surface area (Å²) in [7, 11) is 0. The van der Waals surface area contributed by atoms with Gasteiger partial charge >= 0.3 is 0 Å². The Bertz CT molecular complexity index is 529. The number of aliphatic hydroxyl groups is 1. The summed E-state index contributed by atoms with van der Waals surface area (Å²) in [5, 5.41) is 15.1. The number of rotatable bonds is 3. The number of benzene rings is 1. The van der Waals surface area contributed by atoms with Crippen molar-refractivity contribution in [1.29, 1.82) is 0 Å². The molecule has 0 fully saturated rings. The average molecular weight is 309 g/mol. The molecule has 0 saturated carbocycles. The fourth-order valence-electron chi connectivity index (χ4n) is 2.03. The van der Waals surface area contributed by atoms with Crippen LogP contribution in [0.5, 0.6) is 0 Å². The molecule has 0 saturated heterocycles. The zero-order valence-corrected chi connectivity index (χ0v) is 12.3. The highest BCUT2D eigenvalue weighted by Gasteiger charge is 2.29. The van der Waals surface area contributed by atoms with Crippen LogP contribution in [0.3, 0.4) is 0 Å². The van der Waals surface area contributed by atoms with Crippen LogP contribution in [-0.4, -0.2) is 14.9 Å². The van der Waals surface area contributed by atoms with Crippen LogP contribution in [0.2, 0.25) is 0 Å². The van der Waals surface area contributed by atoms with Crippen LogP contribution in [0.4, 0.5) is 0 Å². The number of hydrogen-bond donors (Lipinski definition) is 1. The molecule has 18 heavy (non-hydrogen) atoms. The predicted molar refractivity (Wildman–Crippen MR) is 75.4 cm³/mol. The lowest BCUT2D eigenvalue weighted by molar-refractivity contribution is 0.0900. The third-order valence-electron chi connectivity index (χ3n) is 3.06. The molecule has 0 aliphatic heterocycles. The minimum Gasteiger partial charge on any atom is -0.379 e. The van der Waals surface area contributed by atoms with Gasteiger partial charge in [-0.2, -0.15) is 5.10 Å². The van der Waals surface area contributed by atoms with Crippen LogP contribution < -0.4 is 0 Å². The Morgan fingerprint density at radius 1 is 1.22 bits per heavy atom. The Balaban J connectivity index is 2.47. The van der Waals surface area contributed by atoms with Crippen LogP contribution in [0.1, 0.15) is 38.1 Å². The van der Waals surface area contributed by atoms with E-state index in [9.17, 15) is 5.11 Å². The monoisotopic (exact) mass is 308 g/mol. The van der Waals surface area contributed by atoms with E-state index in [1.807, 2.05) is 48.9 Å². The van der Waals surface area contributed by atoms with Gasteiger partial charge in [0.25, 0.3) is 0 Å². The Kier molecular flexibility index (Phi) is 3.59. The quantitative estimate of drug-likeness (QED) is 0.942. The van der Waals surface area contributed by atoms with E-state index in [0.717, 1.165) is 15.7 Å². The van der Waals surface area contributed by atoms with E-state index in [1.165, 1.54) is 0 Å². The lowest BCUT2D eigenvalue weighted by Gasteiger charge is -2.26. The van der Waals surface area contributed by atoms with Crippen molar-refractivity contribution in [3.8, 4) is 0 Å². The van der Waals surface area contributed by atoms with Gasteiger partial charge in [0.15, 0.2) is 0 Å². The molecule has 1 aromatic heterocycles. The zero-order chi connectivity index (χ0) is 13.3. The first-order chi connectivity index (χ1) is 8.43. The van der Waals surface area contributed by atoms with E-state index in [4.69, 9.17) is 0 Å². The van der Waals surface area contributed by atoms with Crippen LogP contribution in [0, 0.1) is 0 Å². The Morgan fingerprint density at radius 2 is 1.83 bits per heavy atom. The Morgan fingerprint density at radius 3 is 2.39 bits per heavy atom. The van der Waals surface area contributed by atoms with Crippen LogP contribution in [-0.2, 0) is 5.60 Å². The van der Waals surface area contributed by atoms with Crippen molar-refractivity contribution in [2.75, 3.05) is 0 Å². The second kappa shape index (κ2) is 4.86. The molecule has 1 heterocycles. The summed E-state index contributed by atoms with van der Waals surface area (Å²) < 4.78 is 2.85. The van der Waals surface area contributed by atoms with Crippen molar-refractivity contribution >= 4 is 15.9 Å². The van der Waals surface area contributed by atoms with Gasteiger partial charge in [-0.1, -0.05) is 28.1 Å². The van der Waals surface area contributed by atoms with Gasteiger partial charge < -0.3 is 5.11 Å². The molecule has 0 radical (unpaired) electrons. The van der Waals surface area contributed by atoms with Gasteiger partial charge in [-0.05, 0) is 44.5 Å². The van der Waals surface area contributed by atoms with Gasteiger partial charge in [-0.25, -0.2) is 0 Å². The molecule has 0 bridgehead atoms. The third kappa shape index (κ3) is 2.35. The van der Waals surface area contributed by atoms with Crippen molar-refractivity contribution in [3.05, 3.63) is 52.3 Å². The molecule has 2 rings (SSSR count). The molecule has 0 aliphatic carbocycles. The second-order valence-corrected chi connectivity index (χ2v) is 5.75. The fraction of sp³-hybridized carbons (Fsp3) is 0.357. The summed E-state index contributed by atoms with van der Waals surface area (Å²) in [5.41, 5.74) is 0.620. The summed E-state index contributed by atoms with van der Waals surface area (Å²) >= 11 is 3.40. The van der Waals surface area contributed by atoms with Crippen LogP contribution >= 0.6 is 15.9 Å². The van der Waals surface area contributed by atoms with Gasteiger partial charge in [0.05, 0.1) is 5.69 Å². The molecule has 2 aromatic rings. The minimum atomic E-state index is -1.04. The molecule has 4 heteroatoms. The molecule has 0 aliphatic rings. The highest BCUT2D eigenvalue weighted by Crippen LogP contribution is 2.30. The maximum absolute atomic E-state index is 10.8. The van der Waals surface area contributed by atoms with Gasteiger partial charge in [0.1, 0.15) is 5.60 Å². The number of nitrogens with zero attached hydrogens (tertiary/aromatic N) is 2.